The van der Waals surface area contributed by atoms with Gasteiger partial charge in [0.2, 0.25) is 0 Å². The van der Waals surface area contributed by atoms with Crippen LogP contribution in [-0.2, 0) is 4.74 Å². The van der Waals surface area contributed by atoms with Gasteiger partial charge in [-0.05, 0) is 60.7 Å². The topological polar surface area (TPSA) is 133 Å². The van der Waals surface area contributed by atoms with Crippen LogP contribution in [0.15, 0.2) is 66.7 Å². The van der Waals surface area contributed by atoms with Crippen LogP contribution >= 0.6 is 0 Å². The summed E-state index contributed by atoms with van der Waals surface area (Å²) in [5, 5.41) is 0. The fourth-order valence-corrected chi connectivity index (χ4v) is 3.23. The monoisotopic (exact) mass is 415 g/mol. The van der Waals surface area contributed by atoms with Crippen molar-refractivity contribution < 1.29 is 23.9 Å². The Labute approximate surface area is 177 Å². The number of nitrogen functional groups attached to an aromatic ring is 2. The maximum Gasteiger partial charge on any atom is 0.338 e. The minimum atomic E-state index is -0.783. The SMILES string of the molecule is Nc1ccc(C(=O)COC(=O)c2ccc3c(c2)C(=O)N(c2cccc(N)c2)C3=O)cc1. The summed E-state index contributed by atoms with van der Waals surface area (Å²) >= 11 is 0. The number of imide groups is 1. The molecule has 3 aromatic carbocycles. The predicted molar refractivity (Wildman–Crippen MR) is 114 cm³/mol. The van der Waals surface area contributed by atoms with E-state index in [-0.39, 0.29) is 16.7 Å². The lowest BCUT2D eigenvalue weighted by atomic mass is 10.1. The molecule has 31 heavy (non-hydrogen) atoms. The molecule has 8 nitrogen and oxygen atoms in total. The Morgan fingerprint density at radius 3 is 2.16 bits per heavy atom. The average molecular weight is 415 g/mol. The molecule has 1 heterocycles. The fraction of sp³-hybridized carbons (Fsp3) is 0.0435. The van der Waals surface area contributed by atoms with Gasteiger partial charge in [0.1, 0.15) is 0 Å². The summed E-state index contributed by atoms with van der Waals surface area (Å²) in [6.45, 7) is -0.470. The van der Waals surface area contributed by atoms with Gasteiger partial charge in [0, 0.05) is 16.9 Å². The van der Waals surface area contributed by atoms with E-state index in [0.29, 0.717) is 22.6 Å². The first kappa shape index (κ1) is 19.8. The molecule has 0 bridgehead atoms. The van der Waals surface area contributed by atoms with Gasteiger partial charge in [-0.3, -0.25) is 14.4 Å². The number of hydrogen-bond acceptors (Lipinski definition) is 7. The van der Waals surface area contributed by atoms with E-state index in [1.807, 2.05) is 0 Å². The summed E-state index contributed by atoms with van der Waals surface area (Å²) in [5.74, 6) is -2.26. The zero-order valence-corrected chi connectivity index (χ0v) is 16.2. The number of nitrogens with zero attached hydrogens (tertiary/aromatic N) is 1. The van der Waals surface area contributed by atoms with Crippen LogP contribution in [0.4, 0.5) is 17.1 Å². The number of carbonyl (C=O) groups is 4. The Morgan fingerprint density at radius 1 is 0.774 bits per heavy atom. The Bertz CT molecular complexity index is 1230. The number of esters is 1. The van der Waals surface area contributed by atoms with Crippen molar-refractivity contribution in [3.63, 3.8) is 0 Å². The summed E-state index contributed by atoms with van der Waals surface area (Å²) in [6, 6.07) is 16.7. The molecular weight excluding hydrogens is 398 g/mol. The number of rotatable bonds is 5. The van der Waals surface area contributed by atoms with Crippen molar-refractivity contribution in [3.05, 3.63) is 89.0 Å². The van der Waals surface area contributed by atoms with Gasteiger partial charge in [0.15, 0.2) is 12.4 Å². The average Bonchev–Trinajstić information content (AvgIpc) is 3.02. The first-order valence-electron chi connectivity index (χ1n) is 9.29. The molecule has 0 aromatic heterocycles. The zero-order chi connectivity index (χ0) is 22.1. The molecule has 0 saturated heterocycles. The largest absolute Gasteiger partial charge is 0.454 e. The number of hydrogen-bond donors (Lipinski definition) is 2. The van der Waals surface area contributed by atoms with Crippen LogP contribution in [0.3, 0.4) is 0 Å². The van der Waals surface area contributed by atoms with Crippen molar-refractivity contribution in [2.75, 3.05) is 23.0 Å². The van der Waals surface area contributed by atoms with Crippen molar-refractivity contribution in [2.45, 2.75) is 0 Å². The highest BCUT2D eigenvalue weighted by Crippen LogP contribution is 2.30. The number of ether oxygens (including phenoxy) is 1. The van der Waals surface area contributed by atoms with Gasteiger partial charge in [-0.1, -0.05) is 6.07 Å². The van der Waals surface area contributed by atoms with Crippen LogP contribution in [0.2, 0.25) is 0 Å². The predicted octanol–water partition coefficient (Wildman–Crippen LogP) is 2.69. The number of Topliss-reactive ketones (excluding diaryl/α,β-unsaturated/α-hetero) is 1. The van der Waals surface area contributed by atoms with Gasteiger partial charge in [-0.15, -0.1) is 0 Å². The van der Waals surface area contributed by atoms with Crippen LogP contribution < -0.4 is 16.4 Å². The third-order valence-corrected chi connectivity index (χ3v) is 4.82. The van der Waals surface area contributed by atoms with Crippen LogP contribution in [-0.4, -0.2) is 30.2 Å². The highest BCUT2D eigenvalue weighted by atomic mass is 16.5. The zero-order valence-electron chi connectivity index (χ0n) is 16.2. The molecule has 154 valence electrons. The van der Waals surface area contributed by atoms with Gasteiger partial charge < -0.3 is 16.2 Å². The lowest BCUT2D eigenvalue weighted by molar-refractivity contribution is 0.0474. The second-order valence-corrected chi connectivity index (χ2v) is 6.92. The molecule has 0 spiro atoms. The minimum Gasteiger partial charge on any atom is -0.454 e. The summed E-state index contributed by atoms with van der Waals surface area (Å²) in [5.41, 5.74) is 13.2. The van der Waals surface area contributed by atoms with Crippen LogP contribution in [0.25, 0.3) is 0 Å². The van der Waals surface area contributed by atoms with Gasteiger partial charge in [0.25, 0.3) is 11.8 Å². The molecule has 4 rings (SSSR count). The van der Waals surface area contributed by atoms with Crippen molar-refractivity contribution >= 4 is 40.6 Å². The number of anilines is 3. The van der Waals surface area contributed by atoms with Gasteiger partial charge in [-0.2, -0.15) is 0 Å². The summed E-state index contributed by atoms with van der Waals surface area (Å²) < 4.78 is 5.08. The molecule has 0 saturated carbocycles. The van der Waals surface area contributed by atoms with E-state index < -0.39 is 30.2 Å². The highest BCUT2D eigenvalue weighted by Gasteiger charge is 2.37. The Hall–Kier alpha value is -4.46. The molecule has 0 radical (unpaired) electrons. The maximum atomic E-state index is 12.8. The maximum absolute atomic E-state index is 12.8. The normalized spacial score (nSPS) is 12.6. The van der Waals surface area contributed by atoms with E-state index in [1.165, 1.54) is 36.4 Å². The van der Waals surface area contributed by atoms with Gasteiger partial charge >= 0.3 is 5.97 Å². The molecule has 8 heteroatoms. The Balaban J connectivity index is 1.51. The number of carbonyl (C=O) groups excluding carboxylic acids is 4. The van der Waals surface area contributed by atoms with Crippen LogP contribution in [0, 0.1) is 0 Å². The number of fused-ring (bicyclic) bond motifs is 1. The lowest BCUT2D eigenvalue weighted by Gasteiger charge is -2.14. The smallest absolute Gasteiger partial charge is 0.338 e. The van der Waals surface area contributed by atoms with E-state index in [2.05, 4.69) is 0 Å². The molecule has 1 aliphatic rings. The third-order valence-electron chi connectivity index (χ3n) is 4.82. The first-order valence-corrected chi connectivity index (χ1v) is 9.29. The Morgan fingerprint density at radius 2 is 1.45 bits per heavy atom. The van der Waals surface area contributed by atoms with Crippen molar-refractivity contribution in [2.24, 2.45) is 0 Å². The molecule has 0 aliphatic carbocycles. The summed E-state index contributed by atoms with van der Waals surface area (Å²) in [7, 11) is 0. The number of amides is 2. The van der Waals surface area contributed by atoms with E-state index in [4.69, 9.17) is 16.2 Å². The molecule has 0 atom stereocenters. The first-order chi connectivity index (χ1) is 14.8. The minimum absolute atomic E-state index is 0.0550. The van der Waals surface area contributed by atoms with E-state index >= 15 is 0 Å². The number of nitrogens with two attached hydrogens (primary N) is 2. The van der Waals surface area contributed by atoms with E-state index in [1.54, 1.807) is 30.3 Å². The van der Waals surface area contributed by atoms with Crippen LogP contribution in [0.5, 0.6) is 0 Å². The standard InChI is InChI=1S/C23H17N3O5/c24-15-7-4-13(5-8-15)20(27)12-31-23(30)14-6-9-18-19(10-14)22(29)26(21(18)28)17-3-1-2-16(25)11-17/h1-11H,12,24-25H2. The molecule has 0 unspecified atom stereocenters. The molecular formula is C23H17N3O5. The van der Waals surface area contributed by atoms with Crippen molar-refractivity contribution in [1.82, 2.24) is 0 Å². The van der Waals surface area contributed by atoms with Gasteiger partial charge in [-0.25, -0.2) is 9.69 Å². The second-order valence-electron chi connectivity index (χ2n) is 6.92. The molecule has 1 aliphatic heterocycles. The molecule has 2 amide bonds. The van der Waals surface area contributed by atoms with Crippen LogP contribution in [0.1, 0.15) is 41.4 Å². The molecule has 0 fully saturated rings. The number of ketones is 1. The van der Waals surface area contributed by atoms with E-state index in [9.17, 15) is 19.2 Å². The van der Waals surface area contributed by atoms with Crippen molar-refractivity contribution in [1.29, 1.82) is 0 Å². The quantitative estimate of drug-likeness (QED) is 0.283. The second kappa shape index (κ2) is 7.75. The van der Waals surface area contributed by atoms with E-state index in [0.717, 1.165) is 4.90 Å². The number of benzene rings is 3. The third kappa shape index (κ3) is 3.74. The van der Waals surface area contributed by atoms with Gasteiger partial charge in [0.05, 0.1) is 22.4 Å². The Kier molecular flexibility index (Phi) is 4.96. The fourth-order valence-electron chi connectivity index (χ4n) is 3.23. The highest BCUT2D eigenvalue weighted by molar-refractivity contribution is 6.34. The molecule has 3 aromatic rings. The van der Waals surface area contributed by atoms with Crippen molar-refractivity contribution in [3.8, 4) is 0 Å². The summed E-state index contributed by atoms with van der Waals surface area (Å²) in [6.07, 6.45) is 0. The summed E-state index contributed by atoms with van der Waals surface area (Å²) in [4.78, 5) is 51.1. The lowest BCUT2D eigenvalue weighted by Crippen LogP contribution is -2.29. The molecule has 4 N–H and O–H groups in total.